The Labute approximate surface area is 79.0 Å². The van der Waals surface area contributed by atoms with Gasteiger partial charge in [-0.2, -0.15) is 0 Å². The van der Waals surface area contributed by atoms with E-state index in [0.29, 0.717) is 0 Å². The van der Waals surface area contributed by atoms with Crippen LogP contribution in [0.1, 0.15) is 11.3 Å². The van der Waals surface area contributed by atoms with Crippen molar-refractivity contribution in [3.05, 3.63) is 26.9 Å². The van der Waals surface area contributed by atoms with Crippen molar-refractivity contribution < 1.29 is 0 Å². The molecule has 0 bridgehead atoms. The van der Waals surface area contributed by atoms with Gasteiger partial charge in [-0.15, -0.1) is 11.3 Å². The first-order chi connectivity index (χ1) is 5.34. The topological polar surface area (TPSA) is 26.0 Å². The number of hydrogen-bond acceptors (Lipinski definition) is 2. The van der Waals surface area contributed by atoms with Crippen LogP contribution in [0, 0.1) is 0 Å². The number of hydrogen-bond donors (Lipinski definition) is 1. The van der Waals surface area contributed by atoms with Gasteiger partial charge in [0.2, 0.25) is 0 Å². The van der Waals surface area contributed by atoms with Gasteiger partial charge < -0.3 is 5.73 Å². The van der Waals surface area contributed by atoms with Gasteiger partial charge in [0.25, 0.3) is 0 Å². The molecule has 11 heavy (non-hydrogen) atoms. The van der Waals surface area contributed by atoms with E-state index in [-0.39, 0.29) is 0 Å². The van der Waals surface area contributed by atoms with Gasteiger partial charge >= 0.3 is 0 Å². The van der Waals surface area contributed by atoms with E-state index in [1.54, 1.807) is 11.3 Å². The largest absolute Gasteiger partial charge is 0.330 e. The summed E-state index contributed by atoms with van der Waals surface area (Å²) in [5.74, 6) is 0. The zero-order valence-electron chi connectivity index (χ0n) is 6.09. The minimum atomic E-state index is 0.722. The van der Waals surface area contributed by atoms with E-state index in [2.05, 4.69) is 33.5 Å². The van der Waals surface area contributed by atoms with Crippen molar-refractivity contribution in [1.82, 2.24) is 0 Å². The smallest absolute Gasteiger partial charge is 0.0409 e. The van der Waals surface area contributed by atoms with E-state index in [1.165, 1.54) is 4.88 Å². The fraction of sp³-hybridized carbons (Fsp3) is 0.250. The van der Waals surface area contributed by atoms with Crippen molar-refractivity contribution in [2.75, 3.05) is 6.54 Å². The lowest BCUT2D eigenvalue weighted by atomic mass is 10.3. The summed E-state index contributed by atoms with van der Waals surface area (Å²) in [5.41, 5.74) is 5.35. The van der Waals surface area contributed by atoms with E-state index in [0.717, 1.165) is 17.4 Å². The number of halogens is 1. The molecule has 0 aliphatic heterocycles. The standard InChI is InChI=1S/C8H10BrNS/c9-7-4-6-11-8(7)3-1-2-5-10/h1,3-4,6H,2,5,10H2. The van der Waals surface area contributed by atoms with E-state index >= 15 is 0 Å². The molecule has 0 fully saturated rings. The lowest BCUT2D eigenvalue weighted by Gasteiger charge is -1.87. The molecular formula is C8H10BrNS. The van der Waals surface area contributed by atoms with Crippen LogP contribution in [0.4, 0.5) is 0 Å². The highest BCUT2D eigenvalue weighted by molar-refractivity contribution is 9.10. The zero-order valence-corrected chi connectivity index (χ0v) is 8.49. The molecule has 60 valence electrons. The maximum absolute atomic E-state index is 5.35. The van der Waals surface area contributed by atoms with Crippen LogP contribution in [0.25, 0.3) is 6.08 Å². The maximum atomic E-state index is 5.35. The summed E-state index contributed by atoms with van der Waals surface area (Å²) in [6.45, 7) is 0.722. The van der Waals surface area contributed by atoms with Gasteiger partial charge in [0.15, 0.2) is 0 Å². The van der Waals surface area contributed by atoms with Crippen molar-refractivity contribution in [2.45, 2.75) is 6.42 Å². The second-order valence-electron chi connectivity index (χ2n) is 2.11. The SMILES string of the molecule is NCCC=Cc1sccc1Br. The van der Waals surface area contributed by atoms with Crippen LogP contribution in [-0.4, -0.2) is 6.54 Å². The first kappa shape index (κ1) is 8.97. The Kier molecular flexibility index (Phi) is 3.83. The highest BCUT2D eigenvalue weighted by Gasteiger charge is 1.93. The third-order valence-electron chi connectivity index (χ3n) is 1.25. The highest BCUT2D eigenvalue weighted by Crippen LogP contribution is 2.23. The average Bonchev–Trinajstić information content (AvgIpc) is 2.37. The molecule has 1 rings (SSSR count). The van der Waals surface area contributed by atoms with E-state index in [4.69, 9.17) is 5.73 Å². The van der Waals surface area contributed by atoms with Crippen LogP contribution in [0.2, 0.25) is 0 Å². The molecule has 0 aromatic carbocycles. The van der Waals surface area contributed by atoms with E-state index in [1.807, 2.05) is 6.07 Å². The third-order valence-corrected chi connectivity index (χ3v) is 3.08. The molecule has 0 saturated carbocycles. The molecule has 3 heteroatoms. The molecule has 0 unspecified atom stereocenters. The lowest BCUT2D eigenvalue weighted by Crippen LogP contribution is -1.94. The fourth-order valence-electron chi connectivity index (χ4n) is 0.711. The van der Waals surface area contributed by atoms with Crippen LogP contribution in [0.15, 0.2) is 22.0 Å². The first-order valence-electron chi connectivity index (χ1n) is 3.44. The van der Waals surface area contributed by atoms with Gasteiger partial charge in [0.05, 0.1) is 0 Å². The van der Waals surface area contributed by atoms with Gasteiger partial charge in [-0.05, 0) is 46.4 Å². The Morgan fingerprint density at radius 1 is 1.64 bits per heavy atom. The predicted molar refractivity (Wildman–Crippen MR) is 54.7 cm³/mol. The summed E-state index contributed by atoms with van der Waals surface area (Å²) in [7, 11) is 0. The maximum Gasteiger partial charge on any atom is 0.0409 e. The molecule has 1 heterocycles. The molecule has 0 radical (unpaired) electrons. The quantitative estimate of drug-likeness (QED) is 0.851. The molecule has 1 nitrogen and oxygen atoms in total. The van der Waals surface area contributed by atoms with Crippen molar-refractivity contribution in [3.8, 4) is 0 Å². The molecule has 0 amide bonds. The minimum absolute atomic E-state index is 0.722. The molecule has 0 aliphatic rings. The van der Waals surface area contributed by atoms with Crippen LogP contribution in [0.5, 0.6) is 0 Å². The van der Waals surface area contributed by atoms with Crippen LogP contribution in [-0.2, 0) is 0 Å². The normalized spacial score (nSPS) is 11.1. The molecule has 1 aromatic heterocycles. The summed E-state index contributed by atoms with van der Waals surface area (Å²) in [6, 6.07) is 2.05. The molecule has 1 aromatic rings. The second-order valence-corrected chi connectivity index (χ2v) is 3.91. The predicted octanol–water partition coefficient (Wildman–Crippen LogP) is 2.87. The Hall–Kier alpha value is -0.120. The summed E-state index contributed by atoms with van der Waals surface area (Å²) < 4.78 is 1.16. The minimum Gasteiger partial charge on any atom is -0.330 e. The van der Waals surface area contributed by atoms with Gasteiger partial charge in [-0.3, -0.25) is 0 Å². The Bertz CT molecular complexity index is 242. The van der Waals surface area contributed by atoms with Crippen molar-refractivity contribution >= 4 is 33.3 Å². The lowest BCUT2D eigenvalue weighted by molar-refractivity contribution is 1.01. The van der Waals surface area contributed by atoms with Crippen LogP contribution >= 0.6 is 27.3 Å². The monoisotopic (exact) mass is 231 g/mol. The van der Waals surface area contributed by atoms with Crippen LogP contribution in [0.3, 0.4) is 0 Å². The Morgan fingerprint density at radius 3 is 3.00 bits per heavy atom. The summed E-state index contributed by atoms with van der Waals surface area (Å²) >= 11 is 5.17. The summed E-state index contributed by atoms with van der Waals surface area (Å²) in [5, 5.41) is 2.06. The van der Waals surface area contributed by atoms with Crippen molar-refractivity contribution in [1.29, 1.82) is 0 Å². The fourth-order valence-corrected chi connectivity index (χ4v) is 2.14. The second kappa shape index (κ2) is 4.70. The van der Waals surface area contributed by atoms with E-state index in [9.17, 15) is 0 Å². The molecule has 0 spiro atoms. The molecule has 0 saturated heterocycles. The summed E-state index contributed by atoms with van der Waals surface area (Å²) in [4.78, 5) is 1.26. The van der Waals surface area contributed by atoms with Crippen molar-refractivity contribution in [3.63, 3.8) is 0 Å². The average molecular weight is 232 g/mol. The van der Waals surface area contributed by atoms with Crippen LogP contribution < -0.4 is 5.73 Å². The highest BCUT2D eigenvalue weighted by atomic mass is 79.9. The zero-order chi connectivity index (χ0) is 8.10. The van der Waals surface area contributed by atoms with Gasteiger partial charge in [-0.1, -0.05) is 6.08 Å². The molecule has 0 atom stereocenters. The molecule has 0 aliphatic carbocycles. The molecular weight excluding hydrogens is 222 g/mol. The Balaban J connectivity index is 2.56. The third kappa shape index (κ3) is 2.77. The van der Waals surface area contributed by atoms with Gasteiger partial charge in [0.1, 0.15) is 0 Å². The first-order valence-corrected chi connectivity index (χ1v) is 5.11. The number of rotatable bonds is 3. The molecule has 2 N–H and O–H groups in total. The number of thiophene rings is 1. The van der Waals surface area contributed by atoms with Gasteiger partial charge in [0, 0.05) is 9.35 Å². The van der Waals surface area contributed by atoms with Crippen molar-refractivity contribution in [2.24, 2.45) is 5.73 Å². The van der Waals surface area contributed by atoms with Gasteiger partial charge in [-0.25, -0.2) is 0 Å². The summed E-state index contributed by atoms with van der Waals surface area (Å²) in [6.07, 6.45) is 5.14. The number of nitrogens with two attached hydrogens (primary N) is 1. The van der Waals surface area contributed by atoms with E-state index < -0.39 is 0 Å². The Morgan fingerprint density at radius 2 is 2.45 bits per heavy atom.